The molecule has 3 rings (SSSR count). The zero-order chi connectivity index (χ0) is 21.7. The number of amides is 1. The lowest BCUT2D eigenvalue weighted by atomic mass is 10.1. The largest absolute Gasteiger partial charge is 0.339 e. The number of rotatable bonds is 8. The van der Waals surface area contributed by atoms with Crippen molar-refractivity contribution < 1.29 is 4.79 Å². The van der Waals surface area contributed by atoms with E-state index in [2.05, 4.69) is 18.8 Å². The van der Waals surface area contributed by atoms with Crippen LogP contribution in [-0.2, 0) is 24.3 Å². The highest BCUT2D eigenvalue weighted by molar-refractivity contribution is 6.31. The fourth-order valence-electron chi connectivity index (χ4n) is 3.55. The molecule has 3 aromatic rings. The number of halogens is 1. The zero-order valence-electron chi connectivity index (χ0n) is 17.8. The first-order valence-corrected chi connectivity index (χ1v) is 10.8. The Labute approximate surface area is 182 Å². The Morgan fingerprint density at radius 1 is 1.17 bits per heavy atom. The summed E-state index contributed by atoms with van der Waals surface area (Å²) in [5.74, 6) is 0.323. The molecule has 0 fully saturated rings. The molecule has 0 aliphatic heterocycles. The van der Waals surface area contributed by atoms with Crippen molar-refractivity contribution in [2.45, 2.75) is 46.7 Å². The van der Waals surface area contributed by atoms with Crippen molar-refractivity contribution in [2.75, 3.05) is 6.54 Å². The second kappa shape index (κ2) is 9.90. The third kappa shape index (κ3) is 5.28. The molecule has 0 bridgehead atoms. The Morgan fingerprint density at radius 2 is 1.90 bits per heavy atom. The minimum absolute atomic E-state index is 0.0177. The van der Waals surface area contributed by atoms with Crippen LogP contribution in [0.4, 0.5) is 0 Å². The molecule has 0 atom stereocenters. The summed E-state index contributed by atoms with van der Waals surface area (Å²) < 4.78 is 1.75. The lowest BCUT2D eigenvalue weighted by Crippen LogP contribution is -2.32. The van der Waals surface area contributed by atoms with Crippen LogP contribution in [0.3, 0.4) is 0 Å². The van der Waals surface area contributed by atoms with Crippen LogP contribution in [0.5, 0.6) is 0 Å². The van der Waals surface area contributed by atoms with E-state index >= 15 is 0 Å². The molecule has 158 valence electrons. The van der Waals surface area contributed by atoms with Crippen molar-refractivity contribution >= 4 is 28.5 Å². The van der Waals surface area contributed by atoms with E-state index in [1.807, 2.05) is 43.3 Å². The van der Waals surface area contributed by atoms with Crippen LogP contribution in [0.15, 0.2) is 53.3 Å². The van der Waals surface area contributed by atoms with Crippen LogP contribution in [-0.4, -0.2) is 26.9 Å². The number of benzene rings is 2. The molecule has 1 aromatic heterocycles. The van der Waals surface area contributed by atoms with Crippen molar-refractivity contribution in [1.82, 2.24) is 14.5 Å². The SMILES string of the molecule is CCN(Cc1ccccc1)C(=O)CCc1nc2cc(Cl)ccc2n(CC(C)C)c1=O. The Balaban J connectivity index is 1.83. The van der Waals surface area contributed by atoms with E-state index in [4.69, 9.17) is 11.6 Å². The van der Waals surface area contributed by atoms with Gasteiger partial charge in [0.2, 0.25) is 5.91 Å². The summed E-state index contributed by atoms with van der Waals surface area (Å²) in [6, 6.07) is 15.3. The first-order chi connectivity index (χ1) is 14.4. The van der Waals surface area contributed by atoms with Gasteiger partial charge in [0.05, 0.1) is 11.0 Å². The van der Waals surface area contributed by atoms with Crippen LogP contribution in [0, 0.1) is 5.92 Å². The van der Waals surface area contributed by atoms with Gasteiger partial charge in [0.1, 0.15) is 5.69 Å². The van der Waals surface area contributed by atoms with Crippen LogP contribution in [0.1, 0.15) is 38.4 Å². The van der Waals surface area contributed by atoms with Crippen LogP contribution in [0.25, 0.3) is 11.0 Å². The molecule has 0 aliphatic rings. The van der Waals surface area contributed by atoms with Gasteiger partial charge in [-0.1, -0.05) is 55.8 Å². The highest BCUT2D eigenvalue weighted by atomic mass is 35.5. The first-order valence-electron chi connectivity index (χ1n) is 10.4. The average molecular weight is 426 g/mol. The topological polar surface area (TPSA) is 55.2 Å². The van der Waals surface area contributed by atoms with Gasteiger partial charge >= 0.3 is 0 Å². The Morgan fingerprint density at radius 3 is 2.57 bits per heavy atom. The lowest BCUT2D eigenvalue weighted by molar-refractivity contribution is -0.131. The molecule has 0 saturated heterocycles. The van der Waals surface area contributed by atoms with E-state index in [1.54, 1.807) is 21.6 Å². The van der Waals surface area contributed by atoms with Crippen molar-refractivity contribution in [2.24, 2.45) is 5.92 Å². The summed E-state index contributed by atoms with van der Waals surface area (Å²) in [4.78, 5) is 32.3. The van der Waals surface area contributed by atoms with Gasteiger partial charge in [-0.05, 0) is 36.6 Å². The normalized spacial score (nSPS) is 11.2. The molecule has 2 aromatic carbocycles. The van der Waals surface area contributed by atoms with E-state index in [0.29, 0.717) is 48.2 Å². The smallest absolute Gasteiger partial charge is 0.272 e. The second-order valence-corrected chi connectivity index (χ2v) is 8.33. The number of hydrogen-bond acceptors (Lipinski definition) is 3. The number of fused-ring (bicyclic) bond motifs is 1. The third-order valence-corrected chi connectivity index (χ3v) is 5.28. The number of carbonyl (C=O) groups is 1. The van der Waals surface area contributed by atoms with Gasteiger partial charge in [0, 0.05) is 37.5 Å². The van der Waals surface area contributed by atoms with E-state index in [9.17, 15) is 9.59 Å². The predicted octanol–water partition coefficient (Wildman–Crippen LogP) is 4.69. The summed E-state index contributed by atoms with van der Waals surface area (Å²) in [6.07, 6.45) is 0.556. The molecule has 6 heteroatoms. The maximum Gasteiger partial charge on any atom is 0.272 e. The summed E-state index contributed by atoms with van der Waals surface area (Å²) in [5.41, 5.74) is 2.83. The Bertz CT molecular complexity index is 1080. The Kier molecular flexibility index (Phi) is 7.27. The van der Waals surface area contributed by atoms with Crippen molar-refractivity contribution in [3.63, 3.8) is 0 Å². The summed E-state index contributed by atoms with van der Waals surface area (Å²) in [7, 11) is 0. The monoisotopic (exact) mass is 425 g/mol. The molecule has 0 saturated carbocycles. The quantitative estimate of drug-likeness (QED) is 0.526. The maximum atomic E-state index is 13.1. The predicted molar refractivity (Wildman–Crippen MR) is 122 cm³/mol. The highest BCUT2D eigenvalue weighted by Crippen LogP contribution is 2.18. The third-order valence-electron chi connectivity index (χ3n) is 5.05. The van der Waals surface area contributed by atoms with Gasteiger partial charge in [-0.25, -0.2) is 4.98 Å². The summed E-state index contributed by atoms with van der Waals surface area (Å²) in [6.45, 7) is 7.88. The van der Waals surface area contributed by atoms with E-state index in [0.717, 1.165) is 11.1 Å². The summed E-state index contributed by atoms with van der Waals surface area (Å²) >= 11 is 6.15. The maximum absolute atomic E-state index is 13.1. The van der Waals surface area contributed by atoms with Crippen LogP contribution in [0.2, 0.25) is 5.02 Å². The number of nitrogens with zero attached hydrogens (tertiary/aromatic N) is 3. The number of aromatic nitrogens is 2. The standard InChI is InChI=1S/C24H28ClN3O2/c1-4-27(16-18-8-6-5-7-9-18)23(29)13-11-20-24(30)28(15-17(2)3)22-12-10-19(25)14-21(22)26-20/h5-10,12,14,17H,4,11,13,15-16H2,1-3H3. The first kappa shape index (κ1) is 22.0. The number of aryl methyl sites for hydroxylation is 1. The van der Waals surface area contributed by atoms with Gasteiger partial charge in [0.25, 0.3) is 5.56 Å². The second-order valence-electron chi connectivity index (χ2n) is 7.89. The fourth-order valence-corrected chi connectivity index (χ4v) is 3.71. The molecule has 0 radical (unpaired) electrons. The molecular formula is C24H28ClN3O2. The van der Waals surface area contributed by atoms with Crippen LogP contribution < -0.4 is 5.56 Å². The molecule has 5 nitrogen and oxygen atoms in total. The van der Waals surface area contributed by atoms with Gasteiger partial charge in [-0.3, -0.25) is 9.59 Å². The average Bonchev–Trinajstić information content (AvgIpc) is 2.73. The number of hydrogen-bond donors (Lipinski definition) is 0. The number of carbonyl (C=O) groups excluding carboxylic acids is 1. The van der Waals surface area contributed by atoms with E-state index < -0.39 is 0 Å². The molecule has 30 heavy (non-hydrogen) atoms. The molecule has 0 unspecified atom stereocenters. The fraction of sp³-hybridized carbons (Fsp3) is 0.375. The summed E-state index contributed by atoms with van der Waals surface area (Å²) in [5, 5.41) is 0.576. The zero-order valence-corrected chi connectivity index (χ0v) is 18.5. The lowest BCUT2D eigenvalue weighted by Gasteiger charge is -2.21. The van der Waals surface area contributed by atoms with Crippen molar-refractivity contribution in [3.8, 4) is 0 Å². The van der Waals surface area contributed by atoms with Crippen molar-refractivity contribution in [1.29, 1.82) is 0 Å². The van der Waals surface area contributed by atoms with Gasteiger partial charge < -0.3 is 9.47 Å². The van der Waals surface area contributed by atoms with E-state index in [-0.39, 0.29) is 17.9 Å². The molecule has 0 aliphatic carbocycles. The molecule has 1 heterocycles. The molecule has 1 amide bonds. The van der Waals surface area contributed by atoms with Crippen molar-refractivity contribution in [3.05, 3.63) is 75.2 Å². The van der Waals surface area contributed by atoms with E-state index in [1.165, 1.54) is 0 Å². The molecule has 0 spiro atoms. The van der Waals surface area contributed by atoms with Gasteiger partial charge in [-0.15, -0.1) is 0 Å². The minimum Gasteiger partial charge on any atom is -0.339 e. The molecular weight excluding hydrogens is 398 g/mol. The van der Waals surface area contributed by atoms with Crippen LogP contribution >= 0.6 is 11.6 Å². The highest BCUT2D eigenvalue weighted by Gasteiger charge is 2.17. The molecule has 0 N–H and O–H groups in total. The van der Waals surface area contributed by atoms with Gasteiger partial charge in [-0.2, -0.15) is 0 Å². The minimum atomic E-state index is -0.127. The Hall–Kier alpha value is -2.66. The van der Waals surface area contributed by atoms with Gasteiger partial charge in [0.15, 0.2) is 0 Å².